The number of nitrogens with zero attached hydrogens (tertiary/aromatic N) is 1. The van der Waals surface area contributed by atoms with Crippen LogP contribution in [0.1, 0.15) is 36.0 Å². The van der Waals surface area contributed by atoms with E-state index >= 15 is 0 Å². The van der Waals surface area contributed by atoms with Crippen LogP contribution in [0.4, 0.5) is 11.4 Å². The summed E-state index contributed by atoms with van der Waals surface area (Å²) < 4.78 is 0. The molecule has 0 spiro atoms. The number of nitrogens with two attached hydrogens (primary N) is 1. The average molecular weight is 295 g/mol. The molecule has 0 heterocycles. The molecule has 1 aromatic rings. The topological polar surface area (TPSA) is 136 Å². The number of nitro groups is 1. The fraction of sp³-hybridized carbons (Fsp3) is 0.385. The predicted octanol–water partition coefficient (Wildman–Crippen LogP) is 1.75. The Morgan fingerprint density at radius 3 is 2.57 bits per heavy atom. The van der Waals surface area contributed by atoms with Gasteiger partial charge in [0.2, 0.25) is 5.91 Å². The Hall–Kier alpha value is -2.64. The van der Waals surface area contributed by atoms with Crippen molar-refractivity contribution < 1.29 is 19.6 Å². The van der Waals surface area contributed by atoms with Gasteiger partial charge in [0, 0.05) is 24.6 Å². The minimum atomic E-state index is -0.833. The summed E-state index contributed by atoms with van der Waals surface area (Å²) in [6, 6.07) is 3.99. The van der Waals surface area contributed by atoms with E-state index in [0.717, 1.165) is 6.07 Å². The van der Waals surface area contributed by atoms with Gasteiger partial charge in [-0.05, 0) is 25.0 Å². The van der Waals surface area contributed by atoms with E-state index in [1.807, 2.05) is 0 Å². The predicted molar refractivity (Wildman–Crippen MR) is 76.2 cm³/mol. The second-order valence-electron chi connectivity index (χ2n) is 4.48. The molecule has 114 valence electrons. The second-order valence-corrected chi connectivity index (χ2v) is 4.48. The highest BCUT2D eigenvalue weighted by molar-refractivity contribution is 5.94. The van der Waals surface area contributed by atoms with E-state index in [4.69, 9.17) is 10.8 Å². The number of carbonyl (C=O) groups is 2. The van der Waals surface area contributed by atoms with Gasteiger partial charge in [0.1, 0.15) is 5.69 Å². The lowest BCUT2D eigenvalue weighted by Gasteiger charge is -2.07. The summed E-state index contributed by atoms with van der Waals surface area (Å²) in [7, 11) is 0. The molecule has 0 radical (unpaired) electrons. The van der Waals surface area contributed by atoms with E-state index < -0.39 is 16.8 Å². The molecule has 0 aromatic heterocycles. The standard InChI is InChI=1S/C13H17N3O5/c14-13(19)9-5-6-10(11(8-9)16(20)21)15-7-3-1-2-4-12(17)18/h5-6,8,15H,1-4,7H2,(H2,14,19)(H,17,18). The summed E-state index contributed by atoms with van der Waals surface area (Å²) in [5.74, 6) is -1.56. The quantitative estimate of drug-likeness (QED) is 0.361. The zero-order chi connectivity index (χ0) is 15.8. The SMILES string of the molecule is NC(=O)c1ccc(NCCCCCC(=O)O)c([N+](=O)[O-])c1. The normalized spacial score (nSPS) is 10.1. The summed E-state index contributed by atoms with van der Waals surface area (Å²) >= 11 is 0. The molecule has 1 aromatic carbocycles. The monoisotopic (exact) mass is 295 g/mol. The number of carboxylic acid groups (broad SMARTS) is 1. The lowest BCUT2D eigenvalue weighted by molar-refractivity contribution is -0.384. The van der Waals surface area contributed by atoms with Crippen molar-refractivity contribution in [3.63, 3.8) is 0 Å². The third kappa shape index (κ3) is 5.47. The van der Waals surface area contributed by atoms with Crippen molar-refractivity contribution in [1.29, 1.82) is 0 Å². The van der Waals surface area contributed by atoms with Crippen LogP contribution in [0.3, 0.4) is 0 Å². The third-order valence-corrected chi connectivity index (χ3v) is 2.86. The van der Waals surface area contributed by atoms with Crippen molar-refractivity contribution in [1.82, 2.24) is 0 Å². The van der Waals surface area contributed by atoms with Crippen LogP contribution < -0.4 is 11.1 Å². The number of unbranched alkanes of at least 4 members (excludes halogenated alkanes) is 2. The van der Waals surface area contributed by atoms with E-state index in [9.17, 15) is 19.7 Å². The zero-order valence-corrected chi connectivity index (χ0v) is 11.4. The molecule has 0 aliphatic heterocycles. The molecule has 4 N–H and O–H groups in total. The summed E-state index contributed by atoms with van der Waals surface area (Å²) in [4.78, 5) is 31.7. The lowest BCUT2D eigenvalue weighted by Crippen LogP contribution is -2.12. The number of nitrogens with one attached hydrogen (secondary N) is 1. The van der Waals surface area contributed by atoms with Crippen LogP contribution in [-0.4, -0.2) is 28.5 Å². The maximum atomic E-state index is 11.0. The van der Waals surface area contributed by atoms with Crippen molar-refractivity contribution in [3.05, 3.63) is 33.9 Å². The minimum Gasteiger partial charge on any atom is -0.481 e. The van der Waals surface area contributed by atoms with Crippen LogP contribution in [0.25, 0.3) is 0 Å². The number of carbonyl (C=O) groups excluding carboxylic acids is 1. The van der Waals surface area contributed by atoms with Crippen LogP contribution in [-0.2, 0) is 4.79 Å². The first-order chi connectivity index (χ1) is 9.91. The molecule has 0 saturated heterocycles. The van der Waals surface area contributed by atoms with Gasteiger partial charge < -0.3 is 16.2 Å². The molecular weight excluding hydrogens is 278 g/mol. The Balaban J connectivity index is 2.56. The van der Waals surface area contributed by atoms with Gasteiger partial charge in [0.15, 0.2) is 0 Å². The number of primary amides is 1. The molecule has 0 aliphatic rings. The van der Waals surface area contributed by atoms with Gasteiger partial charge in [-0.25, -0.2) is 0 Å². The smallest absolute Gasteiger partial charge is 0.303 e. The van der Waals surface area contributed by atoms with Gasteiger partial charge in [-0.15, -0.1) is 0 Å². The molecule has 8 heteroatoms. The highest BCUT2D eigenvalue weighted by Gasteiger charge is 2.16. The number of nitro benzene ring substituents is 1. The number of hydrogen-bond acceptors (Lipinski definition) is 5. The average Bonchev–Trinajstić information content (AvgIpc) is 2.42. The van der Waals surface area contributed by atoms with Crippen molar-refractivity contribution in [2.24, 2.45) is 5.73 Å². The van der Waals surface area contributed by atoms with Crippen LogP contribution in [0.2, 0.25) is 0 Å². The first-order valence-corrected chi connectivity index (χ1v) is 6.45. The molecule has 0 unspecified atom stereocenters. The van der Waals surface area contributed by atoms with Gasteiger partial charge in [-0.3, -0.25) is 19.7 Å². The fourth-order valence-electron chi connectivity index (χ4n) is 1.79. The summed E-state index contributed by atoms with van der Waals surface area (Å²) in [6.45, 7) is 0.483. The Labute approximate surface area is 121 Å². The molecule has 1 amide bonds. The van der Waals surface area contributed by atoms with Gasteiger partial charge in [-0.2, -0.15) is 0 Å². The largest absolute Gasteiger partial charge is 0.481 e. The number of aliphatic carboxylic acids is 1. The van der Waals surface area contributed by atoms with Gasteiger partial charge in [0.05, 0.1) is 4.92 Å². The first kappa shape index (κ1) is 16.4. The van der Waals surface area contributed by atoms with Crippen molar-refractivity contribution in [3.8, 4) is 0 Å². The third-order valence-electron chi connectivity index (χ3n) is 2.86. The highest BCUT2D eigenvalue weighted by atomic mass is 16.6. The van der Waals surface area contributed by atoms with Crippen LogP contribution in [0.15, 0.2) is 18.2 Å². The molecule has 0 atom stereocenters. The maximum Gasteiger partial charge on any atom is 0.303 e. The number of carboxylic acids is 1. The molecule has 8 nitrogen and oxygen atoms in total. The lowest BCUT2D eigenvalue weighted by atomic mass is 10.1. The Morgan fingerprint density at radius 1 is 1.29 bits per heavy atom. The molecule has 0 fully saturated rings. The number of rotatable bonds is 9. The molecule has 1 rings (SSSR count). The number of anilines is 1. The van der Waals surface area contributed by atoms with Crippen molar-refractivity contribution in [2.75, 3.05) is 11.9 Å². The van der Waals surface area contributed by atoms with Crippen molar-refractivity contribution in [2.45, 2.75) is 25.7 Å². The van der Waals surface area contributed by atoms with Crippen LogP contribution >= 0.6 is 0 Å². The van der Waals surface area contributed by atoms with E-state index in [1.165, 1.54) is 12.1 Å². The van der Waals surface area contributed by atoms with E-state index in [1.54, 1.807) is 0 Å². The van der Waals surface area contributed by atoms with E-state index in [-0.39, 0.29) is 17.7 Å². The number of hydrogen-bond donors (Lipinski definition) is 3. The Morgan fingerprint density at radius 2 is 2.00 bits per heavy atom. The van der Waals surface area contributed by atoms with E-state index in [0.29, 0.717) is 31.5 Å². The number of benzene rings is 1. The maximum absolute atomic E-state index is 11.0. The zero-order valence-electron chi connectivity index (χ0n) is 11.4. The van der Waals surface area contributed by atoms with Gasteiger partial charge in [-0.1, -0.05) is 6.42 Å². The molecule has 0 saturated carbocycles. The number of amides is 1. The van der Waals surface area contributed by atoms with E-state index in [2.05, 4.69) is 5.32 Å². The highest BCUT2D eigenvalue weighted by Crippen LogP contribution is 2.25. The van der Waals surface area contributed by atoms with Crippen molar-refractivity contribution >= 4 is 23.3 Å². The minimum absolute atomic E-state index is 0.0775. The summed E-state index contributed by atoms with van der Waals surface area (Å²) in [6.07, 6.45) is 2.10. The Kier molecular flexibility index (Phi) is 6.12. The van der Waals surface area contributed by atoms with Gasteiger partial charge >= 0.3 is 5.97 Å². The molecule has 0 bridgehead atoms. The fourth-order valence-corrected chi connectivity index (χ4v) is 1.79. The summed E-state index contributed by atoms with van der Waals surface area (Å²) in [5, 5.41) is 22.4. The molecule has 21 heavy (non-hydrogen) atoms. The Bertz CT molecular complexity index is 545. The molecular formula is C13H17N3O5. The van der Waals surface area contributed by atoms with Crippen LogP contribution in [0, 0.1) is 10.1 Å². The summed E-state index contributed by atoms with van der Waals surface area (Å²) in [5.41, 5.74) is 5.26. The second kappa shape index (κ2) is 7.83. The van der Waals surface area contributed by atoms with Gasteiger partial charge in [0.25, 0.3) is 5.69 Å². The first-order valence-electron chi connectivity index (χ1n) is 6.45. The van der Waals surface area contributed by atoms with Crippen LogP contribution in [0.5, 0.6) is 0 Å². The molecule has 0 aliphatic carbocycles.